The molecule has 0 radical (unpaired) electrons. The molecule has 8 nitrogen and oxygen atoms in total. The van der Waals surface area contributed by atoms with E-state index in [2.05, 4.69) is 33.1 Å². The van der Waals surface area contributed by atoms with Crippen molar-refractivity contribution in [2.24, 2.45) is 5.73 Å². The van der Waals surface area contributed by atoms with Crippen molar-refractivity contribution in [2.45, 2.75) is 32.9 Å². The number of fused-ring (bicyclic) bond motifs is 3. The number of aromatic nitrogens is 1. The molecule has 0 unspecified atom stereocenters. The Bertz CT molecular complexity index is 1510. The molecule has 0 spiro atoms. The normalized spacial score (nSPS) is 12.1. The predicted molar refractivity (Wildman–Crippen MR) is 153 cm³/mol. The fourth-order valence-corrected chi connectivity index (χ4v) is 5.59. The maximum atomic E-state index is 12.5. The van der Waals surface area contributed by atoms with Gasteiger partial charge in [-0.3, -0.25) is 4.79 Å². The molecule has 2 aromatic heterocycles. The zero-order chi connectivity index (χ0) is 27.4. The van der Waals surface area contributed by atoms with Gasteiger partial charge in [0.05, 0.1) is 6.61 Å². The average molecular weight is 543 g/mol. The van der Waals surface area contributed by atoms with Gasteiger partial charge in [-0.05, 0) is 76.5 Å². The van der Waals surface area contributed by atoms with Gasteiger partial charge in [0.2, 0.25) is 0 Å². The van der Waals surface area contributed by atoms with Gasteiger partial charge in [0.15, 0.2) is 5.69 Å². The van der Waals surface area contributed by atoms with E-state index >= 15 is 0 Å². The van der Waals surface area contributed by atoms with E-state index in [0.717, 1.165) is 40.1 Å². The van der Waals surface area contributed by atoms with Crippen molar-refractivity contribution in [1.29, 1.82) is 0 Å². The first-order valence-electron chi connectivity index (χ1n) is 12.9. The van der Waals surface area contributed by atoms with Crippen molar-refractivity contribution in [3.05, 3.63) is 88.1 Å². The standard InChI is InChI=1S/C30H30N4O4S/c1-2-11-32-29(35)25-8-7-22(27(34-25)30(36)37)23-15-26-24(28-19(9-12-38-26)10-13-39-28)14-20(23)17-33-21-5-3-18(16-31)4-6-21/h3-8,10,13-15,33H,2,9,11-12,16-17,31H2,1H3,(H,32,35)(H,36,37). The van der Waals surface area contributed by atoms with Crippen molar-refractivity contribution in [1.82, 2.24) is 10.3 Å². The van der Waals surface area contributed by atoms with Gasteiger partial charge in [0, 0.05) is 47.7 Å². The highest BCUT2D eigenvalue weighted by molar-refractivity contribution is 7.13. The summed E-state index contributed by atoms with van der Waals surface area (Å²) in [5.74, 6) is -0.907. The van der Waals surface area contributed by atoms with Crippen LogP contribution in [-0.2, 0) is 19.5 Å². The highest BCUT2D eigenvalue weighted by Crippen LogP contribution is 2.43. The number of hydrogen-bond donors (Lipinski definition) is 4. The third-order valence-corrected chi connectivity index (χ3v) is 7.64. The zero-order valence-electron chi connectivity index (χ0n) is 21.6. The minimum Gasteiger partial charge on any atom is -0.493 e. The molecule has 0 atom stereocenters. The van der Waals surface area contributed by atoms with Gasteiger partial charge in [-0.1, -0.05) is 19.1 Å². The SMILES string of the molecule is CCCNC(=O)c1ccc(-c2cc3c(cc2CNc2ccc(CN)cc2)-c2sccc2CCO3)c(C(=O)O)n1. The number of carboxylic acid groups (broad SMARTS) is 1. The number of benzene rings is 2. The summed E-state index contributed by atoms with van der Waals surface area (Å²) in [4.78, 5) is 30.3. The maximum Gasteiger partial charge on any atom is 0.355 e. The van der Waals surface area contributed by atoms with Crippen LogP contribution in [0.2, 0.25) is 0 Å². The molecule has 3 heterocycles. The summed E-state index contributed by atoms with van der Waals surface area (Å²) < 4.78 is 6.14. The van der Waals surface area contributed by atoms with Gasteiger partial charge in [0.25, 0.3) is 5.91 Å². The average Bonchev–Trinajstić information content (AvgIpc) is 3.36. The molecule has 4 aromatic rings. The topological polar surface area (TPSA) is 127 Å². The molecule has 0 aliphatic carbocycles. The Kier molecular flexibility index (Phi) is 7.90. The van der Waals surface area contributed by atoms with E-state index in [-0.39, 0.29) is 11.4 Å². The second-order valence-corrected chi connectivity index (χ2v) is 10.2. The number of nitrogens with two attached hydrogens (primary N) is 1. The Morgan fingerprint density at radius 1 is 1.08 bits per heavy atom. The fourth-order valence-electron chi connectivity index (χ4n) is 4.61. The Hall–Kier alpha value is -4.21. The van der Waals surface area contributed by atoms with E-state index in [0.29, 0.717) is 43.1 Å². The summed E-state index contributed by atoms with van der Waals surface area (Å²) in [5, 5.41) is 18.4. The number of pyridine rings is 1. The number of carboxylic acids is 1. The van der Waals surface area contributed by atoms with E-state index < -0.39 is 11.9 Å². The lowest BCUT2D eigenvalue weighted by Crippen LogP contribution is -2.25. The van der Waals surface area contributed by atoms with Crippen LogP contribution in [0.15, 0.2) is 60.0 Å². The fraction of sp³-hybridized carbons (Fsp3) is 0.233. The number of rotatable bonds is 9. The van der Waals surface area contributed by atoms with Crippen LogP contribution in [-0.4, -0.2) is 35.1 Å². The van der Waals surface area contributed by atoms with Gasteiger partial charge < -0.3 is 26.2 Å². The van der Waals surface area contributed by atoms with Crippen molar-refractivity contribution >= 4 is 28.9 Å². The number of thiophene rings is 1. The molecule has 5 N–H and O–H groups in total. The molecular formula is C30H30N4O4S. The number of hydrogen-bond acceptors (Lipinski definition) is 7. The lowest BCUT2D eigenvalue weighted by Gasteiger charge is -2.18. The monoisotopic (exact) mass is 542 g/mol. The lowest BCUT2D eigenvalue weighted by molar-refractivity contribution is 0.0691. The first kappa shape index (κ1) is 26.4. The Labute approximate surface area is 230 Å². The van der Waals surface area contributed by atoms with Crippen molar-refractivity contribution in [3.63, 3.8) is 0 Å². The van der Waals surface area contributed by atoms with E-state index in [4.69, 9.17) is 10.5 Å². The van der Waals surface area contributed by atoms with Gasteiger partial charge in [-0.15, -0.1) is 11.3 Å². The molecule has 9 heteroatoms. The van der Waals surface area contributed by atoms with E-state index in [1.807, 2.05) is 37.3 Å². The molecule has 1 amide bonds. The molecule has 0 fully saturated rings. The van der Waals surface area contributed by atoms with E-state index in [9.17, 15) is 14.7 Å². The molecule has 0 saturated carbocycles. The number of carbonyl (C=O) groups excluding carboxylic acids is 1. The zero-order valence-corrected chi connectivity index (χ0v) is 22.4. The summed E-state index contributed by atoms with van der Waals surface area (Å²) in [7, 11) is 0. The molecule has 2 aromatic carbocycles. The summed E-state index contributed by atoms with van der Waals surface area (Å²) in [6.45, 7) is 3.86. The van der Waals surface area contributed by atoms with Gasteiger partial charge in [0.1, 0.15) is 11.4 Å². The number of nitrogens with one attached hydrogen (secondary N) is 2. The second-order valence-electron chi connectivity index (χ2n) is 9.29. The van der Waals surface area contributed by atoms with Crippen LogP contribution >= 0.6 is 11.3 Å². The minimum absolute atomic E-state index is 0.0681. The van der Waals surface area contributed by atoms with Crippen LogP contribution in [0.3, 0.4) is 0 Å². The van der Waals surface area contributed by atoms with Gasteiger partial charge in [-0.2, -0.15) is 0 Å². The summed E-state index contributed by atoms with van der Waals surface area (Å²) >= 11 is 1.67. The number of aromatic carboxylic acids is 1. The molecule has 0 saturated heterocycles. The number of amides is 1. The quantitative estimate of drug-likeness (QED) is 0.225. The molecule has 0 bridgehead atoms. The van der Waals surface area contributed by atoms with Crippen LogP contribution in [0.5, 0.6) is 5.75 Å². The summed E-state index contributed by atoms with van der Waals surface area (Å²) in [5.41, 5.74) is 11.8. The van der Waals surface area contributed by atoms with E-state index in [1.165, 1.54) is 5.56 Å². The largest absolute Gasteiger partial charge is 0.493 e. The molecule has 1 aliphatic heterocycles. The van der Waals surface area contributed by atoms with Crippen LogP contribution in [0.25, 0.3) is 21.6 Å². The Balaban J connectivity index is 1.60. The minimum atomic E-state index is -1.21. The van der Waals surface area contributed by atoms with Crippen LogP contribution in [0.4, 0.5) is 5.69 Å². The smallest absolute Gasteiger partial charge is 0.355 e. The number of nitrogens with zero attached hydrogens (tertiary/aromatic N) is 1. The maximum absolute atomic E-state index is 12.5. The Morgan fingerprint density at radius 2 is 1.90 bits per heavy atom. The predicted octanol–water partition coefficient (Wildman–Crippen LogP) is 5.32. The third kappa shape index (κ3) is 5.64. The van der Waals surface area contributed by atoms with Crippen molar-refractivity contribution in [3.8, 4) is 27.3 Å². The summed E-state index contributed by atoms with van der Waals surface area (Å²) in [6, 6.07) is 17.2. The summed E-state index contributed by atoms with van der Waals surface area (Å²) in [6.07, 6.45) is 1.56. The third-order valence-electron chi connectivity index (χ3n) is 6.65. The first-order chi connectivity index (χ1) is 19.0. The highest BCUT2D eigenvalue weighted by Gasteiger charge is 2.24. The highest BCUT2D eigenvalue weighted by atomic mass is 32.1. The van der Waals surface area contributed by atoms with Crippen LogP contribution in [0.1, 0.15) is 51.0 Å². The second kappa shape index (κ2) is 11.7. The molecule has 5 rings (SSSR count). The first-order valence-corrected chi connectivity index (χ1v) is 13.8. The molecule has 39 heavy (non-hydrogen) atoms. The van der Waals surface area contributed by atoms with Crippen LogP contribution in [0, 0.1) is 0 Å². The van der Waals surface area contributed by atoms with Gasteiger partial charge in [-0.25, -0.2) is 9.78 Å². The van der Waals surface area contributed by atoms with Crippen molar-refractivity contribution < 1.29 is 19.4 Å². The lowest BCUT2D eigenvalue weighted by atomic mass is 9.94. The number of ether oxygens (including phenoxy) is 1. The van der Waals surface area contributed by atoms with E-state index in [1.54, 1.807) is 23.5 Å². The number of carbonyl (C=O) groups is 2. The number of anilines is 1. The Morgan fingerprint density at radius 3 is 2.64 bits per heavy atom. The van der Waals surface area contributed by atoms with Crippen LogP contribution < -0.4 is 21.1 Å². The molecule has 1 aliphatic rings. The molecule has 200 valence electrons. The molecular weight excluding hydrogens is 512 g/mol. The van der Waals surface area contributed by atoms with Crippen molar-refractivity contribution in [2.75, 3.05) is 18.5 Å². The van der Waals surface area contributed by atoms with Gasteiger partial charge >= 0.3 is 5.97 Å².